The molecule has 0 aliphatic heterocycles. The Hall–Kier alpha value is -3.60. The molecule has 1 heterocycles. The van der Waals surface area contributed by atoms with Crippen LogP contribution >= 0.6 is 11.8 Å². The first kappa shape index (κ1) is 21.1. The number of anilines is 1. The molecule has 3 aromatic rings. The van der Waals surface area contributed by atoms with Crippen LogP contribution in [0.15, 0.2) is 41.6 Å². The molecule has 0 atom stereocenters. The molecule has 11 heteroatoms. The largest absolute Gasteiger partial charge is 0.497 e. The molecule has 1 amide bonds. The number of nitro benzene ring substituents is 1. The van der Waals surface area contributed by atoms with Gasteiger partial charge in [0.05, 0.1) is 24.9 Å². The van der Waals surface area contributed by atoms with Gasteiger partial charge in [0.15, 0.2) is 5.82 Å². The van der Waals surface area contributed by atoms with Crippen LogP contribution in [0, 0.1) is 17.0 Å². The Kier molecular flexibility index (Phi) is 6.52. The second kappa shape index (κ2) is 9.27. The van der Waals surface area contributed by atoms with E-state index >= 15 is 0 Å². The van der Waals surface area contributed by atoms with E-state index in [1.807, 2.05) is 0 Å². The lowest BCUT2D eigenvalue weighted by Gasteiger charge is -2.06. The molecule has 0 aliphatic carbocycles. The van der Waals surface area contributed by atoms with Crippen molar-refractivity contribution in [1.82, 2.24) is 15.2 Å². The third-order valence-electron chi connectivity index (χ3n) is 4.05. The highest BCUT2D eigenvalue weighted by molar-refractivity contribution is 7.99. The Bertz CT molecular complexity index is 1060. The number of rotatable bonds is 8. The van der Waals surface area contributed by atoms with Crippen LogP contribution in [0.4, 0.5) is 11.4 Å². The summed E-state index contributed by atoms with van der Waals surface area (Å²) in [7, 11) is 3.11. The second-order valence-electron chi connectivity index (χ2n) is 6.18. The third kappa shape index (κ3) is 5.06. The van der Waals surface area contributed by atoms with Gasteiger partial charge in [0.25, 0.3) is 5.69 Å². The molecule has 0 spiro atoms. The van der Waals surface area contributed by atoms with Crippen molar-refractivity contribution in [2.45, 2.75) is 12.1 Å². The van der Waals surface area contributed by atoms with Crippen molar-refractivity contribution >= 4 is 29.0 Å². The van der Waals surface area contributed by atoms with E-state index < -0.39 is 10.8 Å². The van der Waals surface area contributed by atoms with Crippen LogP contribution in [0.1, 0.15) is 5.56 Å². The lowest BCUT2D eigenvalue weighted by Crippen LogP contribution is -2.15. The highest BCUT2D eigenvalue weighted by Crippen LogP contribution is 2.29. The lowest BCUT2D eigenvalue weighted by atomic mass is 10.2. The quantitative estimate of drug-likeness (QED) is 0.316. The van der Waals surface area contributed by atoms with Crippen LogP contribution in [0.5, 0.6) is 11.5 Å². The van der Waals surface area contributed by atoms with Crippen molar-refractivity contribution in [2.75, 3.05) is 25.3 Å². The number of thioether (sulfide) groups is 1. The average molecular weight is 429 g/mol. The minimum atomic E-state index is -0.528. The van der Waals surface area contributed by atoms with Crippen LogP contribution < -0.4 is 14.8 Å². The normalized spacial score (nSPS) is 10.5. The summed E-state index contributed by atoms with van der Waals surface area (Å²) in [5.41, 5.74) is 1.44. The summed E-state index contributed by atoms with van der Waals surface area (Å²) in [5.74, 6) is 1.29. The number of ether oxygens (including phenoxy) is 2. The van der Waals surface area contributed by atoms with E-state index in [1.54, 1.807) is 45.4 Å². The molecule has 0 radical (unpaired) electrons. The van der Waals surface area contributed by atoms with Crippen molar-refractivity contribution in [3.8, 4) is 22.9 Å². The zero-order valence-corrected chi connectivity index (χ0v) is 17.3. The van der Waals surface area contributed by atoms with E-state index in [0.717, 1.165) is 17.3 Å². The first-order valence-electron chi connectivity index (χ1n) is 8.73. The van der Waals surface area contributed by atoms with Gasteiger partial charge in [-0.25, -0.2) is 4.98 Å². The molecule has 0 unspecified atom stereocenters. The maximum Gasteiger partial charge on any atom is 0.293 e. The number of H-pyrrole nitrogens is 1. The molecule has 1 aromatic heterocycles. The molecule has 156 valence electrons. The van der Waals surface area contributed by atoms with E-state index in [-0.39, 0.29) is 17.1 Å². The van der Waals surface area contributed by atoms with Crippen LogP contribution in [0.3, 0.4) is 0 Å². The van der Waals surface area contributed by atoms with Crippen molar-refractivity contribution in [1.29, 1.82) is 0 Å². The first-order valence-corrected chi connectivity index (χ1v) is 9.71. The van der Waals surface area contributed by atoms with E-state index in [4.69, 9.17) is 9.47 Å². The summed E-state index contributed by atoms with van der Waals surface area (Å²) in [5, 5.41) is 21.0. The number of methoxy groups -OCH3 is 2. The fourth-order valence-corrected chi connectivity index (χ4v) is 3.20. The van der Waals surface area contributed by atoms with Crippen LogP contribution in [0.2, 0.25) is 0 Å². The van der Waals surface area contributed by atoms with Crippen LogP contribution in [-0.2, 0) is 4.79 Å². The molecule has 0 saturated carbocycles. The number of hydrogen-bond donors (Lipinski definition) is 2. The fraction of sp³-hybridized carbons (Fsp3) is 0.211. The Morgan fingerprint density at radius 2 is 1.90 bits per heavy atom. The number of carbonyl (C=O) groups excluding carboxylic acids is 1. The number of carbonyl (C=O) groups is 1. The smallest absolute Gasteiger partial charge is 0.293 e. The number of amides is 1. The van der Waals surface area contributed by atoms with Gasteiger partial charge in [0.2, 0.25) is 11.1 Å². The van der Waals surface area contributed by atoms with Crippen molar-refractivity contribution in [3.63, 3.8) is 0 Å². The van der Waals surface area contributed by atoms with Crippen LogP contribution in [-0.4, -0.2) is 46.0 Å². The third-order valence-corrected chi connectivity index (χ3v) is 4.89. The van der Waals surface area contributed by atoms with Gasteiger partial charge in [0.1, 0.15) is 17.2 Å². The SMILES string of the molecule is COc1cc(OC)cc(-c2nc(SCC(=O)Nc3ccc(C)cc3[N+](=O)[O-])n[nH]2)c1. The average Bonchev–Trinajstić information content (AvgIpc) is 3.22. The van der Waals surface area contributed by atoms with Gasteiger partial charge < -0.3 is 14.8 Å². The van der Waals surface area contributed by atoms with Crippen molar-refractivity contribution < 1.29 is 19.2 Å². The van der Waals surface area contributed by atoms with Gasteiger partial charge in [0, 0.05) is 17.7 Å². The van der Waals surface area contributed by atoms with E-state index in [2.05, 4.69) is 20.5 Å². The van der Waals surface area contributed by atoms with Gasteiger partial charge in [-0.2, -0.15) is 0 Å². The fourth-order valence-electron chi connectivity index (χ4n) is 2.60. The van der Waals surface area contributed by atoms with E-state index in [0.29, 0.717) is 28.0 Å². The predicted molar refractivity (Wildman–Crippen MR) is 112 cm³/mol. The monoisotopic (exact) mass is 429 g/mol. The maximum absolute atomic E-state index is 12.2. The molecule has 10 nitrogen and oxygen atoms in total. The number of hydrogen-bond acceptors (Lipinski definition) is 8. The molecule has 2 aromatic carbocycles. The molecule has 0 bridgehead atoms. The van der Waals surface area contributed by atoms with Crippen molar-refractivity contribution in [3.05, 3.63) is 52.1 Å². The number of aryl methyl sites for hydroxylation is 1. The topological polar surface area (TPSA) is 132 Å². The minimum absolute atomic E-state index is 0.0102. The maximum atomic E-state index is 12.2. The molecule has 0 saturated heterocycles. The zero-order chi connectivity index (χ0) is 21.7. The first-order chi connectivity index (χ1) is 14.4. The number of nitro groups is 1. The van der Waals surface area contributed by atoms with Crippen molar-refractivity contribution in [2.24, 2.45) is 0 Å². The highest BCUT2D eigenvalue weighted by atomic mass is 32.2. The number of nitrogens with zero attached hydrogens (tertiary/aromatic N) is 3. The van der Waals surface area contributed by atoms with Gasteiger partial charge in [-0.15, -0.1) is 5.10 Å². The number of nitrogens with one attached hydrogen (secondary N) is 2. The summed E-state index contributed by atoms with van der Waals surface area (Å²) >= 11 is 1.10. The summed E-state index contributed by atoms with van der Waals surface area (Å²) in [6.07, 6.45) is 0. The minimum Gasteiger partial charge on any atom is -0.497 e. The summed E-state index contributed by atoms with van der Waals surface area (Å²) in [4.78, 5) is 27.2. The molecule has 0 fully saturated rings. The van der Waals surface area contributed by atoms with Gasteiger partial charge in [-0.1, -0.05) is 17.8 Å². The van der Waals surface area contributed by atoms with Gasteiger partial charge >= 0.3 is 0 Å². The molecule has 30 heavy (non-hydrogen) atoms. The molecule has 0 aliphatic rings. The summed E-state index contributed by atoms with van der Waals surface area (Å²) < 4.78 is 10.5. The second-order valence-corrected chi connectivity index (χ2v) is 7.12. The zero-order valence-electron chi connectivity index (χ0n) is 16.5. The Morgan fingerprint density at radius 3 is 2.53 bits per heavy atom. The van der Waals surface area contributed by atoms with Crippen LogP contribution in [0.25, 0.3) is 11.4 Å². The Labute approximate surface area is 176 Å². The number of benzene rings is 2. The number of aromatic nitrogens is 3. The highest BCUT2D eigenvalue weighted by Gasteiger charge is 2.17. The molecule has 3 rings (SSSR count). The molecular weight excluding hydrogens is 410 g/mol. The molecular formula is C19H19N5O5S. The summed E-state index contributed by atoms with van der Waals surface area (Å²) in [6.45, 7) is 1.74. The Morgan fingerprint density at radius 1 is 1.20 bits per heavy atom. The Balaban J connectivity index is 1.66. The van der Waals surface area contributed by atoms with E-state index in [1.165, 1.54) is 12.1 Å². The van der Waals surface area contributed by atoms with E-state index in [9.17, 15) is 14.9 Å². The lowest BCUT2D eigenvalue weighted by molar-refractivity contribution is -0.384. The van der Waals surface area contributed by atoms with Gasteiger partial charge in [-0.05, 0) is 30.7 Å². The summed E-state index contributed by atoms with van der Waals surface area (Å²) in [6, 6.07) is 9.91. The predicted octanol–water partition coefficient (Wildman–Crippen LogP) is 3.44. The van der Waals surface area contributed by atoms with Gasteiger partial charge in [-0.3, -0.25) is 20.0 Å². The standard InChI is InChI=1S/C19H19N5O5S/c1-11-4-5-15(16(6-11)24(26)27)20-17(25)10-30-19-21-18(22-23-19)12-7-13(28-2)9-14(8-12)29-3/h4-9H,10H2,1-3H3,(H,20,25)(H,21,22,23). The molecule has 2 N–H and O–H groups in total. The number of aromatic amines is 1.